The van der Waals surface area contributed by atoms with Gasteiger partial charge in [-0.15, -0.1) is 0 Å². The van der Waals surface area contributed by atoms with Gasteiger partial charge in [-0.05, 0) is 31.9 Å². The Morgan fingerprint density at radius 3 is 2.45 bits per heavy atom. The first kappa shape index (κ1) is 21.3. The summed E-state index contributed by atoms with van der Waals surface area (Å²) in [4.78, 5) is 25.1. The number of anilines is 1. The van der Waals surface area contributed by atoms with E-state index in [1.807, 2.05) is 30.3 Å². The second kappa shape index (κ2) is 8.91. The third kappa shape index (κ3) is 5.13. The van der Waals surface area contributed by atoms with Gasteiger partial charge in [0.1, 0.15) is 11.8 Å². The van der Waals surface area contributed by atoms with Crippen LogP contribution >= 0.6 is 0 Å². The zero-order chi connectivity index (χ0) is 21.0. The Labute approximate surface area is 170 Å². The van der Waals surface area contributed by atoms with E-state index in [-0.39, 0.29) is 30.7 Å². The molecule has 3 rings (SSSR count). The van der Waals surface area contributed by atoms with Crippen molar-refractivity contribution in [3.05, 3.63) is 30.3 Å². The molecule has 0 radical (unpaired) electrons. The number of hydrogen-bond donors (Lipinski definition) is 1. The number of piperidine rings is 1. The van der Waals surface area contributed by atoms with Gasteiger partial charge in [-0.25, -0.2) is 17.5 Å². The smallest absolute Gasteiger partial charge is 0.354 e. The minimum atomic E-state index is -3.22. The van der Waals surface area contributed by atoms with E-state index in [0.29, 0.717) is 31.6 Å². The fraction of sp³-hybridized carbons (Fsp3) is 0.526. The van der Waals surface area contributed by atoms with Crippen LogP contribution in [0.15, 0.2) is 35.4 Å². The largest absolute Gasteiger partial charge is 0.461 e. The van der Waals surface area contributed by atoms with Crippen molar-refractivity contribution in [2.75, 3.05) is 31.0 Å². The molecule has 158 valence electrons. The number of carbonyl (C=O) groups excluding carboxylic acids is 2. The molecule has 0 aliphatic carbocycles. The summed E-state index contributed by atoms with van der Waals surface area (Å²) in [5, 5.41) is 8.89. The third-order valence-electron chi connectivity index (χ3n) is 5.01. The number of para-hydroxylation sites is 1. The van der Waals surface area contributed by atoms with Crippen molar-refractivity contribution in [2.24, 2.45) is 5.10 Å². The fourth-order valence-electron chi connectivity index (χ4n) is 3.50. The van der Waals surface area contributed by atoms with E-state index in [4.69, 9.17) is 4.74 Å². The first-order valence-corrected chi connectivity index (χ1v) is 11.5. The lowest BCUT2D eigenvalue weighted by Crippen LogP contribution is -2.51. The van der Waals surface area contributed by atoms with E-state index in [1.165, 1.54) is 10.6 Å². The molecule has 2 aliphatic heterocycles. The zero-order valence-corrected chi connectivity index (χ0v) is 17.4. The lowest BCUT2D eigenvalue weighted by atomic mass is 10.0. The normalized spacial score (nSPS) is 21.0. The Morgan fingerprint density at radius 2 is 1.86 bits per heavy atom. The van der Waals surface area contributed by atoms with Gasteiger partial charge in [-0.1, -0.05) is 18.2 Å². The topological polar surface area (TPSA) is 108 Å². The molecule has 2 aliphatic rings. The fourth-order valence-corrected chi connectivity index (χ4v) is 4.37. The quantitative estimate of drug-likeness (QED) is 0.677. The molecule has 0 aromatic heterocycles. The number of carbonyl (C=O) groups is 2. The van der Waals surface area contributed by atoms with Crippen molar-refractivity contribution in [1.82, 2.24) is 9.62 Å². The molecule has 1 fully saturated rings. The molecule has 29 heavy (non-hydrogen) atoms. The van der Waals surface area contributed by atoms with Crippen LogP contribution in [0.25, 0.3) is 0 Å². The Balaban J connectivity index is 1.69. The number of sulfonamides is 1. The van der Waals surface area contributed by atoms with E-state index in [9.17, 15) is 18.0 Å². The molecule has 1 unspecified atom stereocenters. The summed E-state index contributed by atoms with van der Waals surface area (Å²) in [7, 11) is -3.22. The second-order valence-corrected chi connectivity index (χ2v) is 9.09. The molecule has 1 aromatic carbocycles. The molecule has 2 heterocycles. The molecular weight excluding hydrogens is 396 g/mol. The summed E-state index contributed by atoms with van der Waals surface area (Å²) in [5.41, 5.74) is 0.918. The van der Waals surface area contributed by atoms with Crippen molar-refractivity contribution in [1.29, 1.82) is 0 Å². The zero-order valence-electron chi connectivity index (χ0n) is 16.6. The summed E-state index contributed by atoms with van der Waals surface area (Å²) in [5.74, 6) is -0.764. The van der Waals surface area contributed by atoms with Gasteiger partial charge in [0, 0.05) is 25.6 Å². The highest BCUT2D eigenvalue weighted by Crippen LogP contribution is 2.25. The first-order chi connectivity index (χ1) is 13.8. The van der Waals surface area contributed by atoms with Crippen LogP contribution in [0.3, 0.4) is 0 Å². The number of hydrogen-bond acceptors (Lipinski definition) is 7. The maximum Gasteiger partial charge on any atom is 0.354 e. The van der Waals surface area contributed by atoms with Crippen molar-refractivity contribution in [2.45, 2.75) is 38.3 Å². The van der Waals surface area contributed by atoms with Gasteiger partial charge in [0.05, 0.1) is 18.6 Å². The molecule has 0 bridgehead atoms. The van der Waals surface area contributed by atoms with Crippen LogP contribution in [0.4, 0.5) is 5.69 Å². The third-order valence-corrected chi connectivity index (χ3v) is 6.32. The SMILES string of the molecule is CCOC(=O)C1=NN(c2ccccc2)C(C(=O)NC2CCN(S(C)(=O)=O)CC2)C1. The Kier molecular flexibility index (Phi) is 6.53. The monoisotopic (exact) mass is 422 g/mol. The van der Waals surface area contributed by atoms with Gasteiger partial charge in [-0.3, -0.25) is 9.80 Å². The van der Waals surface area contributed by atoms with Gasteiger partial charge in [0.2, 0.25) is 15.9 Å². The average Bonchev–Trinajstić information content (AvgIpc) is 3.14. The number of benzene rings is 1. The summed E-state index contributed by atoms with van der Waals surface area (Å²) >= 11 is 0. The maximum atomic E-state index is 13.0. The molecule has 9 nitrogen and oxygen atoms in total. The summed E-state index contributed by atoms with van der Waals surface area (Å²) in [6.07, 6.45) is 2.43. The van der Waals surface area contributed by atoms with E-state index in [0.717, 1.165) is 0 Å². The Hall–Kier alpha value is -2.46. The molecule has 1 atom stereocenters. The molecule has 1 saturated heterocycles. The van der Waals surface area contributed by atoms with Crippen LogP contribution < -0.4 is 10.3 Å². The number of nitrogens with zero attached hydrogens (tertiary/aromatic N) is 3. The minimum Gasteiger partial charge on any atom is -0.461 e. The van der Waals surface area contributed by atoms with Crippen LogP contribution in [0.1, 0.15) is 26.2 Å². The van der Waals surface area contributed by atoms with Gasteiger partial charge < -0.3 is 10.1 Å². The summed E-state index contributed by atoms with van der Waals surface area (Å²) in [6, 6.07) is 8.40. The number of nitrogens with one attached hydrogen (secondary N) is 1. The molecular formula is C19H26N4O5S. The average molecular weight is 423 g/mol. The number of esters is 1. The number of hydrazone groups is 1. The van der Waals surface area contributed by atoms with E-state index >= 15 is 0 Å². The predicted molar refractivity (Wildman–Crippen MR) is 109 cm³/mol. The molecule has 1 aromatic rings. The van der Waals surface area contributed by atoms with Crippen LogP contribution in [0.2, 0.25) is 0 Å². The van der Waals surface area contributed by atoms with Crippen LogP contribution in [-0.2, 0) is 24.3 Å². The number of amides is 1. The van der Waals surface area contributed by atoms with Crippen LogP contribution in [-0.4, -0.2) is 68.3 Å². The number of ether oxygens (including phenoxy) is 1. The lowest BCUT2D eigenvalue weighted by Gasteiger charge is -2.32. The summed E-state index contributed by atoms with van der Waals surface area (Å²) < 4.78 is 29.8. The summed E-state index contributed by atoms with van der Waals surface area (Å²) in [6.45, 7) is 2.71. The number of rotatable bonds is 6. The van der Waals surface area contributed by atoms with Crippen LogP contribution in [0, 0.1) is 0 Å². The molecule has 1 N–H and O–H groups in total. The van der Waals surface area contributed by atoms with E-state index in [1.54, 1.807) is 11.9 Å². The van der Waals surface area contributed by atoms with E-state index < -0.39 is 22.0 Å². The van der Waals surface area contributed by atoms with Gasteiger partial charge in [-0.2, -0.15) is 5.10 Å². The second-order valence-electron chi connectivity index (χ2n) is 7.11. The first-order valence-electron chi connectivity index (χ1n) is 9.64. The van der Waals surface area contributed by atoms with Crippen molar-refractivity contribution < 1.29 is 22.7 Å². The molecule has 10 heteroatoms. The molecule has 1 amide bonds. The Bertz CT molecular complexity index is 879. The van der Waals surface area contributed by atoms with Crippen LogP contribution in [0.5, 0.6) is 0 Å². The highest BCUT2D eigenvalue weighted by atomic mass is 32.2. The Morgan fingerprint density at radius 1 is 1.21 bits per heavy atom. The van der Waals surface area contributed by atoms with Crippen molar-refractivity contribution >= 4 is 33.3 Å². The lowest BCUT2D eigenvalue weighted by molar-refractivity contribution is -0.135. The predicted octanol–water partition coefficient (Wildman–Crippen LogP) is 0.725. The standard InChI is InChI=1S/C19H26N4O5S/c1-3-28-19(25)16-13-17(23(21-16)15-7-5-4-6-8-15)18(24)20-14-9-11-22(12-10-14)29(2,26)27/h4-8,14,17H,3,9-13H2,1-2H3,(H,20,24). The van der Waals surface area contributed by atoms with E-state index in [2.05, 4.69) is 10.4 Å². The highest BCUT2D eigenvalue weighted by molar-refractivity contribution is 7.88. The van der Waals surface area contributed by atoms with Crippen molar-refractivity contribution in [3.63, 3.8) is 0 Å². The molecule has 0 saturated carbocycles. The highest BCUT2D eigenvalue weighted by Gasteiger charge is 2.38. The molecule has 0 spiro atoms. The van der Waals surface area contributed by atoms with Gasteiger partial charge >= 0.3 is 5.97 Å². The minimum absolute atomic E-state index is 0.121. The van der Waals surface area contributed by atoms with Crippen molar-refractivity contribution in [3.8, 4) is 0 Å². The van der Waals surface area contributed by atoms with Gasteiger partial charge in [0.15, 0.2) is 0 Å². The van der Waals surface area contributed by atoms with Gasteiger partial charge in [0.25, 0.3) is 0 Å². The maximum absolute atomic E-state index is 13.0.